The number of hydrogen-bond donors (Lipinski definition) is 1. The van der Waals surface area contributed by atoms with E-state index in [1.54, 1.807) is 6.07 Å². The lowest BCUT2D eigenvalue weighted by molar-refractivity contribution is 0.0944. The smallest absolute Gasteiger partial charge is 0.290 e. The minimum atomic E-state index is -2.61. The fraction of sp³-hybridized carbons (Fsp3) is 0.333. The Morgan fingerprint density at radius 2 is 2.23 bits per heavy atom. The summed E-state index contributed by atoms with van der Waals surface area (Å²) in [5.74, 6) is -2.65. The van der Waals surface area contributed by atoms with Gasteiger partial charge < -0.3 is 10.2 Å². The number of alkyl halides is 2. The molecule has 4 nitrogen and oxygen atoms in total. The summed E-state index contributed by atoms with van der Waals surface area (Å²) in [5.41, 5.74) is 1.34. The van der Waals surface area contributed by atoms with Crippen molar-refractivity contribution in [3.05, 3.63) is 52.6 Å². The van der Waals surface area contributed by atoms with Crippen LogP contribution < -0.4 is 10.2 Å². The third-order valence-electron chi connectivity index (χ3n) is 4.23. The second-order valence-electron chi connectivity index (χ2n) is 6.03. The van der Waals surface area contributed by atoms with Crippen LogP contribution in [-0.2, 0) is 0 Å². The fourth-order valence-electron chi connectivity index (χ4n) is 2.98. The molecule has 8 heteroatoms. The summed E-state index contributed by atoms with van der Waals surface area (Å²) in [4.78, 5) is 18.5. The van der Waals surface area contributed by atoms with E-state index in [0.29, 0.717) is 24.2 Å². The molecule has 2 aromatic rings. The molecule has 0 saturated carbocycles. The molecule has 0 bridgehead atoms. The molecule has 1 aliphatic rings. The number of pyridine rings is 1. The summed E-state index contributed by atoms with van der Waals surface area (Å²) in [5, 5.41) is 2.92. The van der Waals surface area contributed by atoms with Gasteiger partial charge in [-0.15, -0.1) is 0 Å². The van der Waals surface area contributed by atoms with Crippen LogP contribution in [0.25, 0.3) is 0 Å². The zero-order valence-corrected chi connectivity index (χ0v) is 16.3. The number of halogens is 3. The first-order valence-corrected chi connectivity index (χ1v) is 9.88. The molecule has 1 aliphatic heterocycles. The van der Waals surface area contributed by atoms with E-state index in [1.807, 2.05) is 12.1 Å². The van der Waals surface area contributed by atoms with Gasteiger partial charge in [0.05, 0.1) is 5.56 Å². The fourth-order valence-corrected chi connectivity index (χ4v) is 3.95. The summed E-state index contributed by atoms with van der Waals surface area (Å²) in [6.45, 7) is 2.29. The number of nitrogens with zero attached hydrogens (tertiary/aromatic N) is 2. The molecule has 1 N–H and O–H groups in total. The number of aromatic nitrogens is 1. The molecule has 1 amide bonds. The third-order valence-corrected chi connectivity index (χ3v) is 5.45. The first-order chi connectivity index (χ1) is 12.5. The number of carbonyl (C=O) groups is 1. The van der Waals surface area contributed by atoms with Crippen LogP contribution in [0.5, 0.6) is 0 Å². The van der Waals surface area contributed by atoms with E-state index in [2.05, 4.69) is 43.3 Å². The first kappa shape index (κ1) is 19.1. The SMILES string of the molecule is O=C(NCC1CCN(c2cccc(Br)c2)C1)c1cccnc1SC(F)F. The molecule has 1 aromatic heterocycles. The Morgan fingerprint density at radius 1 is 1.38 bits per heavy atom. The maximum atomic E-state index is 12.6. The average Bonchev–Trinajstić information content (AvgIpc) is 3.09. The van der Waals surface area contributed by atoms with Gasteiger partial charge >= 0.3 is 0 Å². The van der Waals surface area contributed by atoms with Crippen molar-refractivity contribution < 1.29 is 13.6 Å². The monoisotopic (exact) mass is 441 g/mol. The van der Waals surface area contributed by atoms with Crippen LogP contribution in [0.3, 0.4) is 0 Å². The lowest BCUT2D eigenvalue weighted by atomic mass is 10.1. The van der Waals surface area contributed by atoms with Gasteiger partial charge in [-0.2, -0.15) is 8.78 Å². The summed E-state index contributed by atoms with van der Waals surface area (Å²) in [6.07, 6.45) is 2.38. The summed E-state index contributed by atoms with van der Waals surface area (Å²) in [7, 11) is 0. The Labute approximate surface area is 163 Å². The third kappa shape index (κ3) is 4.94. The van der Waals surface area contributed by atoms with Gasteiger partial charge in [0.2, 0.25) is 0 Å². The van der Waals surface area contributed by atoms with Crippen molar-refractivity contribution >= 4 is 39.3 Å². The van der Waals surface area contributed by atoms with E-state index in [9.17, 15) is 13.6 Å². The summed E-state index contributed by atoms with van der Waals surface area (Å²) < 4.78 is 26.3. The highest BCUT2D eigenvalue weighted by atomic mass is 79.9. The predicted molar refractivity (Wildman–Crippen MR) is 103 cm³/mol. The molecule has 1 saturated heterocycles. The Hall–Kier alpha value is -1.67. The van der Waals surface area contributed by atoms with E-state index in [1.165, 1.54) is 12.3 Å². The van der Waals surface area contributed by atoms with Crippen molar-refractivity contribution in [2.45, 2.75) is 17.2 Å². The van der Waals surface area contributed by atoms with E-state index in [4.69, 9.17) is 0 Å². The number of thioether (sulfide) groups is 1. The van der Waals surface area contributed by atoms with Gasteiger partial charge in [-0.05, 0) is 54.4 Å². The van der Waals surface area contributed by atoms with Crippen molar-refractivity contribution in [3.8, 4) is 0 Å². The number of anilines is 1. The maximum absolute atomic E-state index is 12.6. The highest BCUT2D eigenvalue weighted by molar-refractivity contribution is 9.10. The van der Waals surface area contributed by atoms with Gasteiger partial charge in [0.1, 0.15) is 5.03 Å². The lowest BCUT2D eigenvalue weighted by Crippen LogP contribution is -2.31. The molecule has 2 heterocycles. The van der Waals surface area contributed by atoms with Gasteiger partial charge in [0, 0.05) is 36.0 Å². The van der Waals surface area contributed by atoms with Crippen molar-refractivity contribution in [1.29, 1.82) is 0 Å². The van der Waals surface area contributed by atoms with Crippen LogP contribution in [0.2, 0.25) is 0 Å². The molecular weight excluding hydrogens is 424 g/mol. The van der Waals surface area contributed by atoms with E-state index < -0.39 is 5.76 Å². The van der Waals surface area contributed by atoms with Crippen molar-refractivity contribution in [1.82, 2.24) is 10.3 Å². The van der Waals surface area contributed by atoms with Crippen molar-refractivity contribution in [2.75, 3.05) is 24.5 Å². The van der Waals surface area contributed by atoms with Crippen LogP contribution in [0.15, 0.2) is 52.1 Å². The maximum Gasteiger partial charge on any atom is 0.290 e. The molecule has 1 atom stereocenters. The average molecular weight is 442 g/mol. The molecule has 1 aromatic carbocycles. The molecular formula is C18H18BrF2N3OS. The predicted octanol–water partition coefficient (Wildman–Crippen LogP) is 4.42. The molecule has 0 spiro atoms. The summed E-state index contributed by atoms with van der Waals surface area (Å²) in [6, 6.07) is 11.2. The Balaban J connectivity index is 1.56. The highest BCUT2D eigenvalue weighted by Crippen LogP contribution is 2.27. The highest BCUT2D eigenvalue weighted by Gasteiger charge is 2.24. The van der Waals surface area contributed by atoms with Crippen LogP contribution >= 0.6 is 27.7 Å². The number of carbonyl (C=O) groups excluding carboxylic acids is 1. The molecule has 0 aliphatic carbocycles. The van der Waals surface area contributed by atoms with Crippen molar-refractivity contribution in [3.63, 3.8) is 0 Å². The number of hydrogen-bond acceptors (Lipinski definition) is 4. The Morgan fingerprint density at radius 3 is 3.00 bits per heavy atom. The van der Waals surface area contributed by atoms with Crippen LogP contribution in [-0.4, -0.2) is 36.3 Å². The van der Waals surface area contributed by atoms with E-state index >= 15 is 0 Å². The first-order valence-electron chi connectivity index (χ1n) is 8.21. The molecule has 138 valence electrons. The second-order valence-corrected chi connectivity index (χ2v) is 7.92. The molecule has 3 rings (SSSR count). The lowest BCUT2D eigenvalue weighted by Gasteiger charge is -2.19. The second kappa shape index (κ2) is 8.81. The molecule has 0 radical (unpaired) electrons. The van der Waals surface area contributed by atoms with Crippen LogP contribution in [0, 0.1) is 5.92 Å². The van der Waals surface area contributed by atoms with Gasteiger partial charge in [0.15, 0.2) is 0 Å². The zero-order valence-electron chi connectivity index (χ0n) is 13.9. The molecule has 1 fully saturated rings. The Kier molecular flexibility index (Phi) is 6.48. The molecule has 26 heavy (non-hydrogen) atoms. The topological polar surface area (TPSA) is 45.2 Å². The number of benzene rings is 1. The van der Waals surface area contributed by atoms with Crippen molar-refractivity contribution in [2.24, 2.45) is 5.92 Å². The summed E-state index contributed by atoms with van der Waals surface area (Å²) >= 11 is 3.77. The normalized spacial score (nSPS) is 16.9. The largest absolute Gasteiger partial charge is 0.371 e. The van der Waals surface area contributed by atoms with Crippen LogP contribution in [0.4, 0.5) is 14.5 Å². The number of amides is 1. The number of nitrogens with one attached hydrogen (secondary N) is 1. The standard InChI is InChI=1S/C18H18BrF2N3OS/c19-13-3-1-4-14(9-13)24-8-6-12(11-24)10-23-16(25)15-5-2-7-22-17(15)26-18(20)21/h1-5,7,9,12,18H,6,8,10-11H2,(H,23,25). The van der Waals surface area contributed by atoms with Gasteiger partial charge in [-0.25, -0.2) is 4.98 Å². The van der Waals surface area contributed by atoms with Gasteiger partial charge in [-0.1, -0.05) is 22.0 Å². The van der Waals surface area contributed by atoms with E-state index in [-0.39, 0.29) is 16.5 Å². The number of rotatable bonds is 6. The minimum Gasteiger partial charge on any atom is -0.371 e. The van der Waals surface area contributed by atoms with Gasteiger partial charge in [0.25, 0.3) is 11.7 Å². The van der Waals surface area contributed by atoms with Gasteiger partial charge in [-0.3, -0.25) is 4.79 Å². The Bertz CT molecular complexity index is 778. The van der Waals surface area contributed by atoms with E-state index in [0.717, 1.165) is 29.7 Å². The quantitative estimate of drug-likeness (QED) is 0.674. The minimum absolute atomic E-state index is 0.0576. The van der Waals surface area contributed by atoms with Crippen LogP contribution in [0.1, 0.15) is 16.8 Å². The zero-order chi connectivity index (χ0) is 18.5. The molecule has 1 unspecified atom stereocenters.